The Bertz CT molecular complexity index is 321. The molecule has 1 amide bonds. The van der Waals surface area contributed by atoms with Crippen molar-refractivity contribution in [1.82, 2.24) is 4.90 Å². The lowest BCUT2D eigenvalue weighted by Crippen LogP contribution is -2.56. The second kappa shape index (κ2) is 4.70. The van der Waals surface area contributed by atoms with Crippen molar-refractivity contribution in [2.24, 2.45) is 0 Å². The van der Waals surface area contributed by atoms with Crippen LogP contribution in [0.15, 0.2) is 0 Å². The highest BCUT2D eigenvalue weighted by Gasteiger charge is 2.48. The summed E-state index contributed by atoms with van der Waals surface area (Å²) in [5.41, 5.74) is -0.853. The summed E-state index contributed by atoms with van der Waals surface area (Å²) >= 11 is 0. The third-order valence-electron chi connectivity index (χ3n) is 3.56. The predicted octanol–water partition coefficient (Wildman–Crippen LogP) is 1.88. The van der Waals surface area contributed by atoms with Gasteiger partial charge in [-0.05, 0) is 40.0 Å². The van der Waals surface area contributed by atoms with Gasteiger partial charge in [-0.1, -0.05) is 0 Å². The number of nitrogens with zero attached hydrogens (tertiary/aromatic N) is 1. The number of ether oxygens (including phenoxy) is 2. The molecule has 2 heterocycles. The first-order valence-electron chi connectivity index (χ1n) is 6.63. The van der Waals surface area contributed by atoms with Crippen molar-refractivity contribution in [3.63, 3.8) is 0 Å². The average Bonchev–Trinajstić information content (AvgIpc) is 2.58. The van der Waals surface area contributed by atoms with Crippen LogP contribution >= 0.6 is 0 Å². The minimum Gasteiger partial charge on any atom is -0.444 e. The van der Waals surface area contributed by atoms with Crippen LogP contribution in [0.25, 0.3) is 0 Å². The molecule has 1 spiro atoms. The van der Waals surface area contributed by atoms with Gasteiger partial charge in [-0.15, -0.1) is 0 Å². The van der Waals surface area contributed by atoms with E-state index in [2.05, 4.69) is 0 Å². The van der Waals surface area contributed by atoms with Crippen LogP contribution in [0, 0.1) is 0 Å². The van der Waals surface area contributed by atoms with E-state index in [0.717, 1.165) is 19.3 Å². The van der Waals surface area contributed by atoms with E-state index < -0.39 is 11.9 Å². The van der Waals surface area contributed by atoms with Crippen molar-refractivity contribution in [3.05, 3.63) is 0 Å². The number of likely N-dealkylation sites (tertiary alicyclic amines) is 1. The summed E-state index contributed by atoms with van der Waals surface area (Å²) in [5, 5.41) is 9.58. The number of hydrogen-bond acceptors (Lipinski definition) is 4. The summed E-state index contributed by atoms with van der Waals surface area (Å²) in [6, 6.07) is 0. The lowest BCUT2D eigenvalue weighted by atomic mass is 9.86. The molecule has 1 N–H and O–H groups in total. The molecule has 2 unspecified atom stereocenters. The lowest BCUT2D eigenvalue weighted by molar-refractivity contribution is -0.0610. The third kappa shape index (κ3) is 2.78. The number of carbonyl (C=O) groups excluding carboxylic acids is 1. The molecule has 2 rings (SSSR count). The van der Waals surface area contributed by atoms with Crippen LogP contribution in [0.5, 0.6) is 0 Å². The fourth-order valence-electron chi connectivity index (χ4n) is 2.75. The maximum atomic E-state index is 12.2. The zero-order chi connectivity index (χ0) is 13.4. The number of amides is 1. The second-order valence-electron chi connectivity index (χ2n) is 6.28. The number of hydrogen-bond donors (Lipinski definition) is 1. The van der Waals surface area contributed by atoms with Crippen LogP contribution < -0.4 is 0 Å². The second-order valence-corrected chi connectivity index (χ2v) is 6.28. The standard InChI is InChI=1S/C13H23NO4/c1-12(2,3)18-11(16)14-7-5-4-6-13(14)8-10(15)17-9-13/h10,15H,4-9H2,1-3H3. The van der Waals surface area contributed by atoms with Crippen molar-refractivity contribution in [1.29, 1.82) is 0 Å². The molecule has 0 bridgehead atoms. The van der Waals surface area contributed by atoms with E-state index in [1.807, 2.05) is 20.8 Å². The van der Waals surface area contributed by atoms with Gasteiger partial charge < -0.3 is 19.5 Å². The minimum absolute atomic E-state index is 0.292. The monoisotopic (exact) mass is 257 g/mol. The Hall–Kier alpha value is -0.810. The van der Waals surface area contributed by atoms with Crippen molar-refractivity contribution >= 4 is 6.09 Å². The Morgan fingerprint density at radius 1 is 1.44 bits per heavy atom. The zero-order valence-corrected chi connectivity index (χ0v) is 11.4. The number of aliphatic hydroxyl groups excluding tert-OH is 1. The average molecular weight is 257 g/mol. The molecule has 0 saturated carbocycles. The van der Waals surface area contributed by atoms with Gasteiger partial charge in [0.25, 0.3) is 0 Å². The van der Waals surface area contributed by atoms with Gasteiger partial charge in [0, 0.05) is 13.0 Å². The molecule has 104 valence electrons. The van der Waals surface area contributed by atoms with Crippen LogP contribution in [0.1, 0.15) is 46.5 Å². The van der Waals surface area contributed by atoms with Gasteiger partial charge in [0.2, 0.25) is 0 Å². The molecular weight excluding hydrogens is 234 g/mol. The first kappa shape index (κ1) is 13.6. The highest BCUT2D eigenvalue weighted by molar-refractivity contribution is 5.69. The highest BCUT2D eigenvalue weighted by Crippen LogP contribution is 2.38. The summed E-state index contributed by atoms with van der Waals surface area (Å²) in [6.45, 7) is 6.68. The lowest BCUT2D eigenvalue weighted by Gasteiger charge is -2.43. The first-order chi connectivity index (χ1) is 8.32. The minimum atomic E-state index is -0.756. The molecule has 0 aromatic carbocycles. The van der Waals surface area contributed by atoms with Crippen molar-refractivity contribution in [2.75, 3.05) is 13.2 Å². The topological polar surface area (TPSA) is 59.0 Å². The predicted molar refractivity (Wildman–Crippen MR) is 66.1 cm³/mol. The number of piperidine rings is 1. The van der Waals surface area contributed by atoms with Crippen molar-refractivity contribution < 1.29 is 19.4 Å². The molecule has 2 aliphatic heterocycles. The first-order valence-corrected chi connectivity index (χ1v) is 6.63. The van der Waals surface area contributed by atoms with E-state index in [-0.39, 0.29) is 11.6 Å². The van der Waals surface area contributed by atoms with Crippen molar-refractivity contribution in [3.8, 4) is 0 Å². The molecule has 2 saturated heterocycles. The van der Waals surface area contributed by atoms with E-state index in [1.54, 1.807) is 4.90 Å². The maximum Gasteiger partial charge on any atom is 0.410 e. The quantitative estimate of drug-likeness (QED) is 0.720. The summed E-state index contributed by atoms with van der Waals surface area (Å²) in [6.07, 6.45) is 2.37. The summed E-state index contributed by atoms with van der Waals surface area (Å²) in [5.74, 6) is 0. The molecule has 18 heavy (non-hydrogen) atoms. The highest BCUT2D eigenvalue weighted by atomic mass is 16.6. The fourth-order valence-corrected chi connectivity index (χ4v) is 2.75. The number of aliphatic hydroxyl groups is 1. The molecule has 5 heteroatoms. The summed E-state index contributed by atoms with van der Waals surface area (Å²) in [7, 11) is 0. The van der Waals surface area contributed by atoms with E-state index in [9.17, 15) is 9.90 Å². The molecule has 2 atom stereocenters. The largest absolute Gasteiger partial charge is 0.444 e. The van der Waals surface area contributed by atoms with E-state index >= 15 is 0 Å². The van der Waals surface area contributed by atoms with Gasteiger partial charge in [0.15, 0.2) is 6.29 Å². The number of rotatable bonds is 0. The van der Waals surface area contributed by atoms with Gasteiger partial charge in [0.05, 0.1) is 12.1 Å². The maximum absolute atomic E-state index is 12.2. The molecule has 0 aromatic heterocycles. The fraction of sp³-hybridized carbons (Fsp3) is 0.923. The molecule has 0 radical (unpaired) electrons. The van der Waals surface area contributed by atoms with Gasteiger partial charge in [0.1, 0.15) is 5.60 Å². The number of carbonyl (C=O) groups is 1. The van der Waals surface area contributed by atoms with Gasteiger partial charge >= 0.3 is 6.09 Å². The third-order valence-corrected chi connectivity index (χ3v) is 3.56. The molecule has 2 fully saturated rings. The molecule has 5 nitrogen and oxygen atoms in total. The Labute approximate surface area is 108 Å². The van der Waals surface area contributed by atoms with E-state index in [0.29, 0.717) is 19.6 Å². The Morgan fingerprint density at radius 2 is 2.17 bits per heavy atom. The molecule has 0 aromatic rings. The summed E-state index contributed by atoms with van der Waals surface area (Å²) in [4.78, 5) is 14.0. The summed E-state index contributed by atoms with van der Waals surface area (Å²) < 4.78 is 10.7. The van der Waals surface area contributed by atoms with Crippen LogP contribution in [-0.4, -0.2) is 46.7 Å². The molecular formula is C13H23NO4. The molecule has 0 aliphatic carbocycles. The smallest absolute Gasteiger partial charge is 0.410 e. The Kier molecular flexibility index (Phi) is 3.56. The van der Waals surface area contributed by atoms with E-state index in [4.69, 9.17) is 9.47 Å². The van der Waals surface area contributed by atoms with Crippen LogP contribution in [0.3, 0.4) is 0 Å². The molecule has 2 aliphatic rings. The SMILES string of the molecule is CC(C)(C)OC(=O)N1CCCCC12COC(O)C2. The normalized spacial score (nSPS) is 32.9. The Balaban J connectivity index is 2.11. The van der Waals surface area contributed by atoms with Crippen molar-refractivity contribution in [2.45, 2.75) is 63.9 Å². The van der Waals surface area contributed by atoms with E-state index in [1.165, 1.54) is 0 Å². The van der Waals surface area contributed by atoms with Crippen LogP contribution in [0.4, 0.5) is 4.79 Å². The zero-order valence-electron chi connectivity index (χ0n) is 11.4. The van der Waals surface area contributed by atoms with Crippen LogP contribution in [-0.2, 0) is 9.47 Å². The van der Waals surface area contributed by atoms with Gasteiger partial charge in [-0.3, -0.25) is 0 Å². The van der Waals surface area contributed by atoms with Crippen LogP contribution in [0.2, 0.25) is 0 Å². The van der Waals surface area contributed by atoms with Gasteiger partial charge in [-0.2, -0.15) is 0 Å². The van der Waals surface area contributed by atoms with Gasteiger partial charge in [-0.25, -0.2) is 4.79 Å². The Morgan fingerprint density at radius 3 is 2.72 bits per heavy atom.